The van der Waals surface area contributed by atoms with Crippen molar-refractivity contribution in [1.82, 2.24) is 4.98 Å². The van der Waals surface area contributed by atoms with Crippen LogP contribution in [0.5, 0.6) is 11.6 Å². The van der Waals surface area contributed by atoms with Gasteiger partial charge in [-0.2, -0.15) is 0 Å². The zero-order chi connectivity index (χ0) is 13.1. The van der Waals surface area contributed by atoms with Crippen molar-refractivity contribution in [2.75, 3.05) is 0 Å². The van der Waals surface area contributed by atoms with Gasteiger partial charge in [-0.15, -0.1) is 0 Å². The maximum Gasteiger partial charge on any atom is 0.331 e. The first kappa shape index (κ1) is 12.4. The Bertz CT molecular complexity index is 607. The summed E-state index contributed by atoms with van der Waals surface area (Å²) >= 11 is 3.16. The minimum Gasteiger partial charge on any atom is -0.432 e. The molecule has 1 aromatic heterocycles. The first-order valence-electron chi connectivity index (χ1n) is 4.80. The maximum atomic E-state index is 13.1. The molecule has 1 aromatic carbocycles. The lowest BCUT2D eigenvalue weighted by Crippen LogP contribution is -1.96. The molecule has 0 N–H and O–H groups in total. The van der Waals surface area contributed by atoms with E-state index in [-0.39, 0.29) is 17.3 Å². The van der Waals surface area contributed by atoms with Gasteiger partial charge >= 0.3 is 5.69 Å². The van der Waals surface area contributed by atoms with Gasteiger partial charge in [0.15, 0.2) is 0 Å². The Kier molecular flexibility index (Phi) is 3.52. The molecule has 0 spiro atoms. The Morgan fingerprint density at radius 1 is 1.39 bits per heavy atom. The van der Waals surface area contributed by atoms with Crippen LogP contribution in [0.25, 0.3) is 0 Å². The third-order valence-electron chi connectivity index (χ3n) is 2.05. The quantitative estimate of drug-likeness (QED) is 0.640. The molecule has 2 aromatic rings. The number of aromatic nitrogens is 1. The van der Waals surface area contributed by atoms with Crippen molar-refractivity contribution in [3.8, 4) is 11.6 Å². The van der Waals surface area contributed by atoms with Crippen LogP contribution in [-0.4, -0.2) is 9.91 Å². The van der Waals surface area contributed by atoms with Gasteiger partial charge in [-0.3, -0.25) is 10.1 Å². The Morgan fingerprint density at radius 3 is 2.89 bits per heavy atom. The molecule has 0 aliphatic carbocycles. The van der Waals surface area contributed by atoms with Gasteiger partial charge in [0.1, 0.15) is 11.6 Å². The van der Waals surface area contributed by atoms with Crippen LogP contribution in [0.2, 0.25) is 0 Å². The van der Waals surface area contributed by atoms with E-state index in [1.807, 2.05) is 0 Å². The first-order chi connectivity index (χ1) is 8.58. The third-order valence-corrected chi connectivity index (χ3v) is 2.70. The van der Waals surface area contributed by atoms with Crippen molar-refractivity contribution in [2.24, 2.45) is 0 Å². The molecule has 18 heavy (non-hydrogen) atoms. The molecule has 0 atom stereocenters. The van der Waals surface area contributed by atoms with E-state index in [2.05, 4.69) is 20.9 Å². The van der Waals surface area contributed by atoms with Crippen LogP contribution >= 0.6 is 15.9 Å². The average Bonchev–Trinajstić information content (AvgIpc) is 2.34. The van der Waals surface area contributed by atoms with Gasteiger partial charge in [0.25, 0.3) is 5.88 Å². The second kappa shape index (κ2) is 5.09. The highest BCUT2D eigenvalue weighted by molar-refractivity contribution is 9.10. The summed E-state index contributed by atoms with van der Waals surface area (Å²) in [5.41, 5.74) is -0.284. The predicted octanol–water partition coefficient (Wildman–Crippen LogP) is 3.68. The molecule has 0 bridgehead atoms. The number of benzene rings is 1. The van der Waals surface area contributed by atoms with Gasteiger partial charge in [0.2, 0.25) is 0 Å². The van der Waals surface area contributed by atoms with Gasteiger partial charge < -0.3 is 4.74 Å². The lowest BCUT2D eigenvalue weighted by atomic mass is 10.3. The number of hydrogen-bond donors (Lipinski definition) is 0. The fourth-order valence-electron chi connectivity index (χ4n) is 1.26. The molecule has 0 radical (unpaired) electrons. The number of nitro groups is 1. The lowest BCUT2D eigenvalue weighted by Gasteiger charge is -2.06. The second-order valence-electron chi connectivity index (χ2n) is 3.26. The molecule has 0 fully saturated rings. The summed E-state index contributed by atoms with van der Waals surface area (Å²) in [6, 6.07) is 6.48. The molecule has 5 nitrogen and oxygen atoms in total. The third kappa shape index (κ3) is 2.62. The van der Waals surface area contributed by atoms with Crippen molar-refractivity contribution >= 4 is 21.6 Å². The minimum absolute atomic E-state index is 0.122. The van der Waals surface area contributed by atoms with Gasteiger partial charge in [-0.25, -0.2) is 9.37 Å². The Hall–Kier alpha value is -2.02. The highest BCUT2D eigenvalue weighted by Gasteiger charge is 2.17. The van der Waals surface area contributed by atoms with Crippen LogP contribution < -0.4 is 4.74 Å². The fraction of sp³-hybridized carbons (Fsp3) is 0. The summed E-state index contributed by atoms with van der Waals surface area (Å²) in [4.78, 5) is 13.9. The predicted molar refractivity (Wildman–Crippen MR) is 65.1 cm³/mol. The molecule has 1 heterocycles. The largest absolute Gasteiger partial charge is 0.432 e. The summed E-state index contributed by atoms with van der Waals surface area (Å²) in [6.07, 6.45) is 1.36. The molecule has 7 heteroatoms. The van der Waals surface area contributed by atoms with Crippen molar-refractivity contribution in [2.45, 2.75) is 0 Å². The van der Waals surface area contributed by atoms with Crippen LogP contribution in [-0.2, 0) is 0 Å². The van der Waals surface area contributed by atoms with E-state index in [0.717, 1.165) is 6.07 Å². The van der Waals surface area contributed by atoms with Crippen molar-refractivity contribution in [3.05, 3.63) is 56.9 Å². The molecule has 2 rings (SSSR count). The highest BCUT2D eigenvalue weighted by atomic mass is 79.9. The molecule has 92 valence electrons. The van der Waals surface area contributed by atoms with Gasteiger partial charge in [0.05, 0.1) is 9.40 Å². The number of nitrogens with zero attached hydrogens (tertiary/aromatic N) is 2. The highest BCUT2D eigenvalue weighted by Crippen LogP contribution is 2.33. The van der Waals surface area contributed by atoms with Gasteiger partial charge in [-0.1, -0.05) is 0 Å². The monoisotopic (exact) mass is 312 g/mol. The summed E-state index contributed by atoms with van der Waals surface area (Å²) in [5.74, 6) is -0.572. The number of halogens is 2. The Balaban J connectivity index is 2.40. The number of rotatable bonds is 3. The first-order valence-corrected chi connectivity index (χ1v) is 5.59. The van der Waals surface area contributed by atoms with Crippen LogP contribution in [0.4, 0.5) is 10.1 Å². The van der Waals surface area contributed by atoms with Crippen molar-refractivity contribution < 1.29 is 14.1 Å². The van der Waals surface area contributed by atoms with Crippen molar-refractivity contribution in [3.63, 3.8) is 0 Å². The van der Waals surface area contributed by atoms with Crippen LogP contribution in [0.15, 0.2) is 41.0 Å². The van der Waals surface area contributed by atoms with E-state index in [4.69, 9.17) is 4.74 Å². The molecule has 0 saturated heterocycles. The van der Waals surface area contributed by atoms with E-state index in [0.29, 0.717) is 4.47 Å². The van der Waals surface area contributed by atoms with E-state index in [1.165, 1.54) is 30.5 Å². The molecule has 0 aliphatic heterocycles. The Morgan fingerprint density at radius 2 is 2.17 bits per heavy atom. The molecular formula is C11H6BrFN2O3. The molecule has 0 amide bonds. The van der Waals surface area contributed by atoms with Crippen molar-refractivity contribution in [1.29, 1.82) is 0 Å². The topological polar surface area (TPSA) is 65.3 Å². The number of hydrogen-bond acceptors (Lipinski definition) is 4. The van der Waals surface area contributed by atoms with Crippen LogP contribution in [0, 0.1) is 15.9 Å². The SMILES string of the molecule is O=[N+]([O-])c1cccnc1Oc1cc(F)ccc1Br. The van der Waals surface area contributed by atoms with E-state index < -0.39 is 10.7 Å². The number of pyridine rings is 1. The summed E-state index contributed by atoms with van der Waals surface area (Å²) in [5, 5.41) is 10.8. The zero-order valence-corrected chi connectivity index (χ0v) is 10.4. The maximum absolute atomic E-state index is 13.1. The van der Waals surface area contributed by atoms with Gasteiger partial charge in [-0.05, 0) is 34.1 Å². The number of ether oxygens (including phenoxy) is 1. The summed E-state index contributed by atoms with van der Waals surface area (Å²) in [6.45, 7) is 0. The van der Waals surface area contributed by atoms with E-state index >= 15 is 0 Å². The minimum atomic E-state index is -0.616. The summed E-state index contributed by atoms with van der Waals surface area (Å²) < 4.78 is 18.8. The van der Waals surface area contributed by atoms with Crippen LogP contribution in [0.1, 0.15) is 0 Å². The molecule has 0 unspecified atom stereocenters. The molecule has 0 aliphatic rings. The normalized spacial score (nSPS) is 10.1. The molecular weight excluding hydrogens is 307 g/mol. The molecule has 0 saturated carbocycles. The van der Waals surface area contributed by atoms with Gasteiger partial charge in [0, 0.05) is 18.3 Å². The fourth-order valence-corrected chi connectivity index (χ4v) is 1.59. The van der Waals surface area contributed by atoms with E-state index in [9.17, 15) is 14.5 Å². The zero-order valence-electron chi connectivity index (χ0n) is 8.84. The van der Waals surface area contributed by atoms with Crippen LogP contribution in [0.3, 0.4) is 0 Å². The second-order valence-corrected chi connectivity index (χ2v) is 4.12. The average molecular weight is 313 g/mol. The standard InChI is InChI=1S/C11H6BrFN2O3/c12-8-4-3-7(13)6-10(8)18-11-9(15(16)17)2-1-5-14-11/h1-6H. The summed E-state index contributed by atoms with van der Waals surface area (Å²) in [7, 11) is 0. The van der Waals surface area contributed by atoms with E-state index in [1.54, 1.807) is 0 Å². The Labute approximate surface area is 110 Å². The smallest absolute Gasteiger partial charge is 0.331 e. The lowest BCUT2D eigenvalue weighted by molar-refractivity contribution is -0.386.